The van der Waals surface area contributed by atoms with Gasteiger partial charge in [-0.2, -0.15) is 4.72 Å². The molecular formula is C20H27N3O4S2. The second-order valence-corrected chi connectivity index (χ2v) is 9.73. The number of hydrogen-bond donors (Lipinski definition) is 2. The quantitative estimate of drug-likeness (QED) is 0.629. The van der Waals surface area contributed by atoms with Crippen LogP contribution in [0.1, 0.15) is 30.7 Å². The van der Waals surface area contributed by atoms with Gasteiger partial charge in [-0.1, -0.05) is 6.07 Å². The van der Waals surface area contributed by atoms with Crippen LogP contribution in [0, 0.1) is 0 Å². The number of hydrogen-bond acceptors (Lipinski definition) is 6. The fraction of sp³-hybridized carbons (Fsp3) is 0.450. The number of rotatable bonds is 9. The Labute approximate surface area is 176 Å². The maximum absolute atomic E-state index is 12.6. The maximum atomic E-state index is 12.6. The molecule has 2 atom stereocenters. The van der Waals surface area contributed by atoms with Gasteiger partial charge in [0.1, 0.15) is 5.75 Å². The van der Waals surface area contributed by atoms with E-state index in [0.29, 0.717) is 12.3 Å². The molecule has 29 heavy (non-hydrogen) atoms. The van der Waals surface area contributed by atoms with Gasteiger partial charge in [0.25, 0.3) is 0 Å². The van der Waals surface area contributed by atoms with Crippen molar-refractivity contribution in [2.45, 2.75) is 36.7 Å². The zero-order valence-corrected chi connectivity index (χ0v) is 18.3. The maximum Gasteiger partial charge on any atom is 0.241 e. The highest BCUT2D eigenvalue weighted by atomic mass is 32.2. The minimum absolute atomic E-state index is 0.0893. The first-order chi connectivity index (χ1) is 13.9. The molecule has 158 valence electrons. The van der Waals surface area contributed by atoms with Crippen LogP contribution >= 0.6 is 11.3 Å². The molecule has 0 radical (unpaired) electrons. The fourth-order valence-corrected chi connectivity index (χ4v) is 5.47. The monoisotopic (exact) mass is 437 g/mol. The predicted octanol–water partition coefficient (Wildman–Crippen LogP) is 2.38. The van der Waals surface area contributed by atoms with E-state index in [9.17, 15) is 13.2 Å². The molecule has 0 saturated carbocycles. The lowest BCUT2D eigenvalue weighted by Crippen LogP contribution is -2.47. The number of nitrogens with zero attached hydrogens (tertiary/aromatic N) is 1. The van der Waals surface area contributed by atoms with Gasteiger partial charge in [-0.15, -0.1) is 11.3 Å². The molecule has 0 spiro atoms. The summed E-state index contributed by atoms with van der Waals surface area (Å²) in [7, 11) is -2.29. The van der Waals surface area contributed by atoms with Gasteiger partial charge in [0.15, 0.2) is 0 Å². The van der Waals surface area contributed by atoms with Crippen molar-refractivity contribution in [1.82, 2.24) is 14.9 Å². The van der Waals surface area contributed by atoms with E-state index in [2.05, 4.69) is 21.0 Å². The van der Waals surface area contributed by atoms with Crippen molar-refractivity contribution in [2.24, 2.45) is 0 Å². The van der Waals surface area contributed by atoms with Crippen molar-refractivity contribution in [3.05, 3.63) is 46.7 Å². The number of ether oxygens (including phenoxy) is 1. The molecule has 1 unspecified atom stereocenters. The summed E-state index contributed by atoms with van der Waals surface area (Å²) < 4.78 is 32.6. The Morgan fingerprint density at radius 2 is 1.90 bits per heavy atom. The van der Waals surface area contributed by atoms with Crippen molar-refractivity contribution in [3.63, 3.8) is 0 Å². The van der Waals surface area contributed by atoms with E-state index in [1.54, 1.807) is 30.4 Å². The number of carbonyl (C=O) groups excluding carboxylic acids is 1. The number of sulfonamides is 1. The van der Waals surface area contributed by atoms with E-state index in [1.807, 2.05) is 11.4 Å². The third kappa shape index (κ3) is 5.57. The van der Waals surface area contributed by atoms with Crippen molar-refractivity contribution < 1.29 is 17.9 Å². The van der Waals surface area contributed by atoms with Gasteiger partial charge in [0.05, 0.1) is 24.1 Å². The number of methoxy groups -OCH3 is 1. The lowest BCUT2D eigenvalue weighted by atomic mass is 10.2. The van der Waals surface area contributed by atoms with Crippen LogP contribution in [-0.2, 0) is 14.8 Å². The van der Waals surface area contributed by atoms with Gasteiger partial charge < -0.3 is 10.1 Å². The fourth-order valence-electron chi connectivity index (χ4n) is 3.40. The van der Waals surface area contributed by atoms with Crippen LogP contribution in [0.15, 0.2) is 46.7 Å². The van der Waals surface area contributed by atoms with E-state index in [-0.39, 0.29) is 16.8 Å². The van der Waals surface area contributed by atoms with E-state index in [4.69, 9.17) is 4.74 Å². The Kier molecular flexibility index (Phi) is 7.28. The Morgan fingerprint density at radius 3 is 2.48 bits per heavy atom. The normalized spacial score (nSPS) is 17.0. The lowest BCUT2D eigenvalue weighted by molar-refractivity contribution is -0.122. The number of amides is 1. The van der Waals surface area contributed by atoms with E-state index < -0.39 is 16.1 Å². The number of carbonyl (C=O) groups is 1. The Morgan fingerprint density at radius 1 is 1.21 bits per heavy atom. The van der Waals surface area contributed by atoms with Gasteiger partial charge in [-0.3, -0.25) is 9.69 Å². The van der Waals surface area contributed by atoms with Gasteiger partial charge in [-0.25, -0.2) is 8.42 Å². The molecule has 1 amide bonds. The average molecular weight is 438 g/mol. The number of thiophene rings is 1. The number of likely N-dealkylation sites (tertiary alicyclic amines) is 1. The molecule has 9 heteroatoms. The Bertz CT molecular complexity index is 892. The summed E-state index contributed by atoms with van der Waals surface area (Å²) in [5.74, 6) is 0.221. The topological polar surface area (TPSA) is 87.7 Å². The summed E-state index contributed by atoms with van der Waals surface area (Å²) in [6, 6.07) is 9.36. The molecule has 1 aliphatic rings. The van der Waals surface area contributed by atoms with Crippen molar-refractivity contribution in [2.75, 3.05) is 26.7 Å². The van der Waals surface area contributed by atoms with Crippen LogP contribution in [0.25, 0.3) is 0 Å². The molecule has 3 rings (SSSR count). The van der Waals surface area contributed by atoms with Crippen LogP contribution in [-0.4, -0.2) is 52.0 Å². The summed E-state index contributed by atoms with van der Waals surface area (Å²) in [5.41, 5.74) is 0. The second-order valence-electron chi connectivity index (χ2n) is 7.04. The predicted molar refractivity (Wildman–Crippen MR) is 114 cm³/mol. The molecule has 1 aromatic heterocycles. The zero-order valence-electron chi connectivity index (χ0n) is 16.6. The smallest absolute Gasteiger partial charge is 0.241 e. The highest BCUT2D eigenvalue weighted by Crippen LogP contribution is 2.27. The highest BCUT2D eigenvalue weighted by molar-refractivity contribution is 7.89. The van der Waals surface area contributed by atoms with Crippen molar-refractivity contribution >= 4 is 27.3 Å². The zero-order chi connectivity index (χ0) is 20.9. The molecule has 0 bridgehead atoms. The summed E-state index contributed by atoms with van der Waals surface area (Å²) in [6.45, 7) is 4.02. The van der Waals surface area contributed by atoms with Crippen LogP contribution in [0.5, 0.6) is 5.75 Å². The van der Waals surface area contributed by atoms with Gasteiger partial charge in [0, 0.05) is 11.4 Å². The third-order valence-electron chi connectivity index (χ3n) is 5.02. The van der Waals surface area contributed by atoms with E-state index in [1.165, 1.54) is 24.1 Å². The van der Waals surface area contributed by atoms with Crippen molar-refractivity contribution in [3.8, 4) is 5.75 Å². The Balaban J connectivity index is 1.60. The van der Waals surface area contributed by atoms with Gasteiger partial charge in [0.2, 0.25) is 15.9 Å². The SMILES string of the molecule is COc1ccc(S(=O)(=O)N[C@@H](C)C(=O)NCC(c2cccs2)N2CCCC2)cc1. The number of nitrogens with one attached hydrogen (secondary N) is 2. The number of benzene rings is 1. The summed E-state index contributed by atoms with van der Waals surface area (Å²) in [4.78, 5) is 16.2. The molecule has 1 aliphatic heterocycles. The molecule has 1 fully saturated rings. The van der Waals surface area contributed by atoms with Crippen molar-refractivity contribution in [1.29, 1.82) is 0 Å². The molecule has 2 N–H and O–H groups in total. The summed E-state index contributed by atoms with van der Waals surface area (Å²) >= 11 is 1.67. The molecular weight excluding hydrogens is 410 g/mol. The minimum atomic E-state index is -3.80. The molecule has 7 nitrogen and oxygen atoms in total. The summed E-state index contributed by atoms with van der Waals surface area (Å²) in [6.07, 6.45) is 2.32. The first-order valence-electron chi connectivity index (χ1n) is 9.62. The molecule has 2 heterocycles. The highest BCUT2D eigenvalue weighted by Gasteiger charge is 2.27. The van der Waals surface area contributed by atoms with Gasteiger partial charge in [-0.05, 0) is 68.6 Å². The van der Waals surface area contributed by atoms with Gasteiger partial charge >= 0.3 is 0 Å². The van der Waals surface area contributed by atoms with Crippen LogP contribution < -0.4 is 14.8 Å². The first-order valence-corrected chi connectivity index (χ1v) is 12.0. The van der Waals surface area contributed by atoms with E-state index in [0.717, 1.165) is 25.9 Å². The summed E-state index contributed by atoms with van der Waals surface area (Å²) in [5, 5.41) is 4.95. The van der Waals surface area contributed by atoms with E-state index >= 15 is 0 Å². The Hall–Kier alpha value is -1.94. The second kappa shape index (κ2) is 9.71. The molecule has 1 aromatic carbocycles. The third-order valence-corrected chi connectivity index (χ3v) is 7.55. The van der Waals surface area contributed by atoms with Crippen LogP contribution in [0.4, 0.5) is 0 Å². The molecule has 0 aliphatic carbocycles. The molecule has 2 aromatic rings. The lowest BCUT2D eigenvalue weighted by Gasteiger charge is -2.27. The largest absolute Gasteiger partial charge is 0.497 e. The minimum Gasteiger partial charge on any atom is -0.497 e. The first kappa shape index (κ1) is 21.8. The molecule has 1 saturated heterocycles. The standard InChI is InChI=1S/C20H27N3O4S2/c1-15(22-29(25,26)17-9-7-16(27-2)8-10-17)20(24)21-14-18(19-6-5-13-28-19)23-11-3-4-12-23/h5-10,13,15,18,22H,3-4,11-12,14H2,1-2H3,(H,21,24)/t15-,18?/m0/s1. The average Bonchev–Trinajstić information content (AvgIpc) is 3.42. The van der Waals surface area contributed by atoms with Crippen LogP contribution in [0.3, 0.4) is 0 Å². The van der Waals surface area contributed by atoms with Crippen LogP contribution in [0.2, 0.25) is 0 Å².